The minimum absolute atomic E-state index is 0.215. The highest BCUT2D eigenvalue weighted by Gasteiger charge is 2.18. The van der Waals surface area contributed by atoms with E-state index < -0.39 is 16.1 Å². The number of benzene rings is 2. The lowest BCUT2D eigenvalue weighted by molar-refractivity contribution is -0.128. The smallest absolute Gasteiger partial charge is 0.261 e. The van der Waals surface area contributed by atoms with Crippen LogP contribution in [0.1, 0.15) is 18.9 Å². The lowest BCUT2D eigenvalue weighted by atomic mass is 10.2. The topological polar surface area (TPSA) is 84.9 Å². The van der Waals surface area contributed by atoms with Gasteiger partial charge in [0.15, 0.2) is 6.10 Å². The highest BCUT2D eigenvalue weighted by Crippen LogP contribution is 2.21. The molecule has 2 aromatic carbocycles. The van der Waals surface area contributed by atoms with Crippen LogP contribution in [0.25, 0.3) is 0 Å². The van der Waals surface area contributed by atoms with Gasteiger partial charge in [-0.2, -0.15) is 0 Å². The molecule has 0 aliphatic heterocycles. The number of nitrogens with one attached hydrogen (secondary N) is 1. The van der Waals surface area contributed by atoms with Crippen LogP contribution in [-0.4, -0.2) is 46.9 Å². The molecule has 0 saturated carbocycles. The summed E-state index contributed by atoms with van der Waals surface area (Å²) in [5.41, 5.74) is 1.60. The number of hydrogen-bond donors (Lipinski definition) is 1. The molecule has 2 rings (SSSR count). The molecule has 1 amide bonds. The maximum atomic E-state index is 12.3. The van der Waals surface area contributed by atoms with Crippen molar-refractivity contribution < 1.29 is 22.7 Å². The normalized spacial score (nSPS) is 12.2. The number of nitrogens with zero attached hydrogens (tertiary/aromatic N) is 1. The van der Waals surface area contributed by atoms with Gasteiger partial charge in [0, 0.05) is 13.6 Å². The Labute approximate surface area is 172 Å². The molecule has 0 aliphatic rings. The Hall–Kier alpha value is -2.58. The summed E-state index contributed by atoms with van der Waals surface area (Å²) in [6.07, 6.45) is 1.00. The van der Waals surface area contributed by atoms with E-state index in [9.17, 15) is 13.2 Å². The predicted octanol–water partition coefficient (Wildman–Crippen LogP) is 2.57. The molecule has 158 valence electrons. The first kappa shape index (κ1) is 22.7. The standard InChI is InChI=1S/C21H28N2O5S/c1-4-20(21(24)22-14-15-27-16-17-8-6-5-7-9-17)28-19-12-10-18(11-13-19)23(2)29(3,25)26/h5-13,20H,4,14-16H2,1-3H3,(H,22,24)/t20-/m1/s1. The van der Waals surface area contributed by atoms with Crippen molar-refractivity contribution in [2.45, 2.75) is 26.1 Å². The molecule has 0 heterocycles. The van der Waals surface area contributed by atoms with Gasteiger partial charge < -0.3 is 14.8 Å². The fourth-order valence-corrected chi connectivity index (χ4v) is 3.04. The second kappa shape index (κ2) is 10.8. The van der Waals surface area contributed by atoms with E-state index >= 15 is 0 Å². The Kier molecular flexibility index (Phi) is 8.48. The number of sulfonamides is 1. The van der Waals surface area contributed by atoms with Crippen LogP contribution in [0.3, 0.4) is 0 Å². The molecule has 0 saturated heterocycles. The summed E-state index contributed by atoms with van der Waals surface area (Å²) in [5, 5.41) is 2.81. The van der Waals surface area contributed by atoms with Crippen LogP contribution >= 0.6 is 0 Å². The van der Waals surface area contributed by atoms with Gasteiger partial charge in [-0.1, -0.05) is 37.3 Å². The van der Waals surface area contributed by atoms with Crippen LogP contribution in [0.5, 0.6) is 5.75 Å². The third-order valence-electron chi connectivity index (χ3n) is 4.30. The van der Waals surface area contributed by atoms with E-state index in [0.29, 0.717) is 37.6 Å². The fourth-order valence-electron chi connectivity index (χ4n) is 2.54. The van der Waals surface area contributed by atoms with Gasteiger partial charge in [0.1, 0.15) is 5.75 Å². The third-order valence-corrected chi connectivity index (χ3v) is 5.50. The SMILES string of the molecule is CC[C@@H](Oc1ccc(N(C)S(C)(=O)=O)cc1)C(=O)NCCOCc1ccccc1. The Bertz CT molecular complexity index is 870. The highest BCUT2D eigenvalue weighted by molar-refractivity contribution is 7.92. The van der Waals surface area contributed by atoms with E-state index in [1.54, 1.807) is 24.3 Å². The highest BCUT2D eigenvalue weighted by atomic mass is 32.2. The number of anilines is 1. The molecule has 1 atom stereocenters. The first-order chi connectivity index (χ1) is 13.8. The van der Waals surface area contributed by atoms with Gasteiger partial charge >= 0.3 is 0 Å². The molecule has 0 spiro atoms. The number of carbonyl (C=O) groups excluding carboxylic acids is 1. The Balaban J connectivity index is 1.78. The van der Waals surface area contributed by atoms with Crippen LogP contribution in [-0.2, 0) is 26.2 Å². The van der Waals surface area contributed by atoms with E-state index in [0.717, 1.165) is 11.8 Å². The minimum Gasteiger partial charge on any atom is -0.481 e. The summed E-state index contributed by atoms with van der Waals surface area (Å²) in [6.45, 7) is 3.16. The van der Waals surface area contributed by atoms with Crippen molar-refractivity contribution in [1.29, 1.82) is 0 Å². The van der Waals surface area contributed by atoms with Crippen molar-refractivity contribution in [2.75, 3.05) is 30.8 Å². The zero-order valence-electron chi connectivity index (χ0n) is 17.0. The zero-order chi connectivity index (χ0) is 21.3. The number of carbonyl (C=O) groups is 1. The van der Waals surface area contributed by atoms with E-state index in [2.05, 4.69) is 5.32 Å². The van der Waals surface area contributed by atoms with Crippen LogP contribution in [0.4, 0.5) is 5.69 Å². The van der Waals surface area contributed by atoms with Gasteiger partial charge in [0.05, 0.1) is 25.2 Å². The Morgan fingerprint density at radius 3 is 2.34 bits per heavy atom. The first-order valence-corrected chi connectivity index (χ1v) is 11.3. The minimum atomic E-state index is -3.33. The average Bonchev–Trinajstić information content (AvgIpc) is 2.71. The summed E-state index contributed by atoms with van der Waals surface area (Å²) in [5.74, 6) is 0.283. The number of ether oxygens (including phenoxy) is 2. The van der Waals surface area contributed by atoms with E-state index in [1.807, 2.05) is 37.3 Å². The Morgan fingerprint density at radius 2 is 1.76 bits per heavy atom. The quantitative estimate of drug-likeness (QED) is 0.565. The van der Waals surface area contributed by atoms with Crippen molar-refractivity contribution in [1.82, 2.24) is 5.32 Å². The average molecular weight is 421 g/mol. The molecule has 0 radical (unpaired) electrons. The number of amides is 1. The van der Waals surface area contributed by atoms with Gasteiger partial charge in [0.2, 0.25) is 10.0 Å². The van der Waals surface area contributed by atoms with Crippen LogP contribution in [0.15, 0.2) is 54.6 Å². The lowest BCUT2D eigenvalue weighted by Gasteiger charge is -2.19. The molecule has 29 heavy (non-hydrogen) atoms. The van der Waals surface area contributed by atoms with Crippen LogP contribution in [0, 0.1) is 0 Å². The summed E-state index contributed by atoms with van der Waals surface area (Å²) in [7, 11) is -1.85. The van der Waals surface area contributed by atoms with Gasteiger partial charge in [-0.3, -0.25) is 9.10 Å². The number of hydrogen-bond acceptors (Lipinski definition) is 5. The molecule has 0 aromatic heterocycles. The zero-order valence-corrected chi connectivity index (χ0v) is 17.8. The molecule has 8 heteroatoms. The second-order valence-electron chi connectivity index (χ2n) is 6.57. The van der Waals surface area contributed by atoms with E-state index in [1.165, 1.54) is 11.4 Å². The van der Waals surface area contributed by atoms with Gasteiger partial charge in [-0.15, -0.1) is 0 Å². The maximum Gasteiger partial charge on any atom is 0.261 e. The van der Waals surface area contributed by atoms with Crippen molar-refractivity contribution in [3.8, 4) is 5.75 Å². The van der Waals surface area contributed by atoms with Gasteiger partial charge in [0.25, 0.3) is 5.91 Å². The van der Waals surface area contributed by atoms with Crippen molar-refractivity contribution >= 4 is 21.6 Å². The Morgan fingerprint density at radius 1 is 1.10 bits per heavy atom. The summed E-state index contributed by atoms with van der Waals surface area (Å²) in [6, 6.07) is 16.4. The predicted molar refractivity (Wildman–Crippen MR) is 114 cm³/mol. The third kappa shape index (κ3) is 7.40. The second-order valence-corrected chi connectivity index (χ2v) is 8.58. The first-order valence-electron chi connectivity index (χ1n) is 9.41. The largest absolute Gasteiger partial charge is 0.481 e. The monoisotopic (exact) mass is 420 g/mol. The van der Waals surface area contributed by atoms with E-state index in [4.69, 9.17) is 9.47 Å². The molecule has 1 N–H and O–H groups in total. The molecular formula is C21H28N2O5S. The van der Waals surface area contributed by atoms with E-state index in [-0.39, 0.29) is 5.91 Å². The summed E-state index contributed by atoms with van der Waals surface area (Å²) < 4.78 is 35.7. The molecule has 2 aromatic rings. The van der Waals surface area contributed by atoms with Gasteiger partial charge in [-0.05, 0) is 36.2 Å². The maximum absolute atomic E-state index is 12.3. The molecule has 0 unspecified atom stereocenters. The lowest BCUT2D eigenvalue weighted by Crippen LogP contribution is -2.39. The molecular weight excluding hydrogens is 392 g/mol. The molecule has 0 aliphatic carbocycles. The number of rotatable bonds is 11. The fraction of sp³-hybridized carbons (Fsp3) is 0.381. The molecule has 7 nitrogen and oxygen atoms in total. The van der Waals surface area contributed by atoms with Gasteiger partial charge in [-0.25, -0.2) is 8.42 Å². The van der Waals surface area contributed by atoms with Crippen LogP contribution in [0.2, 0.25) is 0 Å². The van der Waals surface area contributed by atoms with Crippen molar-refractivity contribution in [3.63, 3.8) is 0 Å². The molecule has 0 fully saturated rings. The van der Waals surface area contributed by atoms with Crippen molar-refractivity contribution in [2.24, 2.45) is 0 Å². The summed E-state index contributed by atoms with van der Waals surface area (Å²) >= 11 is 0. The summed E-state index contributed by atoms with van der Waals surface area (Å²) in [4.78, 5) is 12.3. The van der Waals surface area contributed by atoms with Crippen LogP contribution < -0.4 is 14.4 Å². The molecule has 0 bridgehead atoms. The van der Waals surface area contributed by atoms with Crippen molar-refractivity contribution in [3.05, 3.63) is 60.2 Å².